The van der Waals surface area contributed by atoms with Crippen LogP contribution in [0.4, 0.5) is 5.82 Å². The number of imidazole rings is 1. The number of fused-ring (bicyclic) bond motifs is 1. The summed E-state index contributed by atoms with van der Waals surface area (Å²) >= 11 is 0. The molecule has 0 saturated heterocycles. The van der Waals surface area contributed by atoms with Gasteiger partial charge in [0, 0.05) is 18.5 Å². The minimum atomic E-state index is -0.796. The monoisotopic (exact) mass is 351 g/mol. The van der Waals surface area contributed by atoms with Crippen LogP contribution in [0, 0.1) is 0 Å². The summed E-state index contributed by atoms with van der Waals surface area (Å²) in [5.74, 6) is -0.128. The molecule has 1 fully saturated rings. The number of hydrogen-bond acceptors (Lipinski definition) is 5. The second-order valence-corrected chi connectivity index (χ2v) is 6.74. The Labute approximate surface area is 151 Å². The van der Waals surface area contributed by atoms with Crippen molar-refractivity contribution in [2.75, 3.05) is 5.32 Å². The largest absolute Gasteiger partial charge is 0.481 e. The zero-order valence-electron chi connectivity index (χ0n) is 14.4. The van der Waals surface area contributed by atoms with E-state index in [4.69, 9.17) is 5.11 Å². The molecular weight excluding hydrogens is 330 g/mol. The molecular formula is C19H21N5O2. The highest BCUT2D eigenvalue weighted by Crippen LogP contribution is 2.37. The molecule has 0 aliphatic heterocycles. The third-order valence-electron chi connectivity index (χ3n) is 4.67. The summed E-state index contributed by atoms with van der Waals surface area (Å²) in [5, 5.41) is 12.5. The summed E-state index contributed by atoms with van der Waals surface area (Å²) in [6, 6.07) is 10.5. The van der Waals surface area contributed by atoms with Gasteiger partial charge in [0.1, 0.15) is 11.8 Å². The molecule has 1 atom stereocenters. The number of anilines is 1. The number of carbonyl (C=O) groups is 1. The maximum atomic E-state index is 11.0. The summed E-state index contributed by atoms with van der Waals surface area (Å²) < 4.78 is 2.10. The molecule has 7 heteroatoms. The van der Waals surface area contributed by atoms with E-state index in [1.165, 1.54) is 0 Å². The number of benzene rings is 1. The highest BCUT2D eigenvalue weighted by molar-refractivity contribution is 5.83. The molecule has 2 aromatic heterocycles. The van der Waals surface area contributed by atoms with Gasteiger partial charge in [0.05, 0.1) is 6.33 Å². The fraction of sp³-hybridized carbons (Fsp3) is 0.368. The van der Waals surface area contributed by atoms with Gasteiger partial charge in [-0.1, -0.05) is 30.3 Å². The van der Waals surface area contributed by atoms with Crippen molar-refractivity contribution in [3.8, 4) is 0 Å². The SMILES string of the molecule is O=C(O)CCC(Cc1ccccc1)Nc1ncnc2c1ncn2C1CC1. The first-order valence-electron chi connectivity index (χ1n) is 8.90. The van der Waals surface area contributed by atoms with E-state index in [2.05, 4.69) is 24.8 Å². The van der Waals surface area contributed by atoms with Gasteiger partial charge in [-0.25, -0.2) is 15.0 Å². The van der Waals surface area contributed by atoms with Gasteiger partial charge in [0.2, 0.25) is 0 Å². The first kappa shape index (κ1) is 16.5. The second-order valence-electron chi connectivity index (χ2n) is 6.74. The van der Waals surface area contributed by atoms with Gasteiger partial charge in [-0.05, 0) is 31.2 Å². The van der Waals surface area contributed by atoms with Crippen LogP contribution in [-0.2, 0) is 11.2 Å². The molecule has 2 N–H and O–H groups in total. The lowest BCUT2D eigenvalue weighted by molar-refractivity contribution is -0.137. The first-order valence-corrected chi connectivity index (χ1v) is 8.90. The van der Waals surface area contributed by atoms with E-state index < -0.39 is 5.97 Å². The van der Waals surface area contributed by atoms with Crippen molar-refractivity contribution in [2.45, 2.75) is 44.2 Å². The molecule has 1 aliphatic carbocycles. The maximum Gasteiger partial charge on any atom is 0.303 e. The minimum absolute atomic E-state index is 0.0438. The number of hydrogen-bond donors (Lipinski definition) is 2. The summed E-state index contributed by atoms with van der Waals surface area (Å²) in [7, 11) is 0. The van der Waals surface area contributed by atoms with Crippen molar-refractivity contribution in [2.24, 2.45) is 0 Å². The molecule has 1 aliphatic rings. The molecule has 1 saturated carbocycles. The fourth-order valence-corrected chi connectivity index (χ4v) is 3.19. The molecule has 4 rings (SSSR count). The zero-order valence-corrected chi connectivity index (χ0v) is 14.4. The molecule has 1 unspecified atom stereocenters. The molecule has 3 aromatic rings. The van der Waals surface area contributed by atoms with E-state index in [0.29, 0.717) is 18.3 Å². The maximum absolute atomic E-state index is 11.0. The van der Waals surface area contributed by atoms with Crippen molar-refractivity contribution < 1.29 is 9.90 Å². The van der Waals surface area contributed by atoms with Crippen molar-refractivity contribution >= 4 is 23.0 Å². The number of aromatic nitrogens is 4. The van der Waals surface area contributed by atoms with Crippen LogP contribution >= 0.6 is 0 Å². The Bertz CT molecular complexity index is 905. The molecule has 26 heavy (non-hydrogen) atoms. The third kappa shape index (κ3) is 3.66. The molecule has 2 heterocycles. The summed E-state index contributed by atoms with van der Waals surface area (Å²) in [4.78, 5) is 24.3. The van der Waals surface area contributed by atoms with E-state index >= 15 is 0 Å². The Balaban J connectivity index is 1.58. The van der Waals surface area contributed by atoms with Crippen molar-refractivity contribution in [3.63, 3.8) is 0 Å². The van der Waals surface area contributed by atoms with Crippen LogP contribution in [0.25, 0.3) is 11.2 Å². The van der Waals surface area contributed by atoms with Gasteiger partial charge < -0.3 is 15.0 Å². The number of rotatable bonds is 8. The Morgan fingerprint density at radius 2 is 2.04 bits per heavy atom. The smallest absolute Gasteiger partial charge is 0.303 e. The quantitative estimate of drug-likeness (QED) is 0.648. The van der Waals surface area contributed by atoms with E-state index in [0.717, 1.165) is 36.0 Å². The second kappa shape index (κ2) is 7.11. The van der Waals surface area contributed by atoms with E-state index in [9.17, 15) is 4.79 Å². The normalized spacial score (nSPS) is 15.1. The predicted molar refractivity (Wildman–Crippen MR) is 98.0 cm³/mol. The molecule has 0 radical (unpaired) electrons. The summed E-state index contributed by atoms with van der Waals surface area (Å²) in [6.07, 6.45) is 7.03. The van der Waals surface area contributed by atoms with Crippen LogP contribution in [0.15, 0.2) is 43.0 Å². The zero-order chi connectivity index (χ0) is 17.9. The van der Waals surface area contributed by atoms with Gasteiger partial charge in [-0.3, -0.25) is 4.79 Å². The van der Waals surface area contributed by atoms with Gasteiger partial charge in [0.25, 0.3) is 0 Å². The Morgan fingerprint density at radius 3 is 2.77 bits per heavy atom. The predicted octanol–water partition coefficient (Wildman–Crippen LogP) is 3.05. The van der Waals surface area contributed by atoms with Gasteiger partial charge in [-0.2, -0.15) is 0 Å². The fourth-order valence-electron chi connectivity index (χ4n) is 3.19. The van der Waals surface area contributed by atoms with E-state index in [-0.39, 0.29) is 12.5 Å². The van der Waals surface area contributed by atoms with Crippen LogP contribution in [-0.4, -0.2) is 36.6 Å². The lowest BCUT2D eigenvalue weighted by atomic mass is 10.0. The summed E-state index contributed by atoms with van der Waals surface area (Å²) in [5.41, 5.74) is 2.73. The van der Waals surface area contributed by atoms with Crippen LogP contribution < -0.4 is 5.32 Å². The standard InChI is InChI=1S/C19H21N5O2/c25-16(26)9-6-14(10-13-4-2-1-3-5-13)23-18-17-19(21-11-20-18)24(12-22-17)15-7-8-15/h1-5,11-12,14-15H,6-10H2,(H,25,26)(H,20,21,23). The molecule has 7 nitrogen and oxygen atoms in total. The number of aliphatic carboxylic acids is 1. The first-order chi connectivity index (χ1) is 12.7. The lowest BCUT2D eigenvalue weighted by Gasteiger charge is -2.19. The topological polar surface area (TPSA) is 92.9 Å². The molecule has 0 bridgehead atoms. The van der Waals surface area contributed by atoms with Gasteiger partial charge >= 0.3 is 5.97 Å². The van der Waals surface area contributed by atoms with Crippen molar-refractivity contribution in [1.82, 2.24) is 19.5 Å². The molecule has 0 spiro atoms. The minimum Gasteiger partial charge on any atom is -0.481 e. The Hall–Kier alpha value is -2.96. The van der Waals surface area contributed by atoms with Gasteiger partial charge in [0.15, 0.2) is 11.5 Å². The number of nitrogens with zero attached hydrogens (tertiary/aromatic N) is 4. The Kier molecular flexibility index (Phi) is 4.51. The van der Waals surface area contributed by atoms with Crippen molar-refractivity contribution in [1.29, 1.82) is 0 Å². The van der Waals surface area contributed by atoms with E-state index in [1.54, 1.807) is 6.33 Å². The van der Waals surface area contributed by atoms with Gasteiger partial charge in [-0.15, -0.1) is 0 Å². The molecule has 1 aromatic carbocycles. The average Bonchev–Trinajstić information content (AvgIpc) is 3.39. The highest BCUT2D eigenvalue weighted by Gasteiger charge is 2.26. The average molecular weight is 351 g/mol. The van der Waals surface area contributed by atoms with Crippen LogP contribution in [0.2, 0.25) is 0 Å². The summed E-state index contributed by atoms with van der Waals surface area (Å²) in [6.45, 7) is 0. The van der Waals surface area contributed by atoms with Crippen molar-refractivity contribution in [3.05, 3.63) is 48.5 Å². The lowest BCUT2D eigenvalue weighted by Crippen LogP contribution is -2.24. The number of carboxylic acids is 1. The molecule has 0 amide bonds. The number of nitrogens with one attached hydrogen (secondary N) is 1. The highest BCUT2D eigenvalue weighted by atomic mass is 16.4. The van der Waals surface area contributed by atoms with Crippen LogP contribution in [0.5, 0.6) is 0 Å². The number of carboxylic acid groups (broad SMARTS) is 1. The van der Waals surface area contributed by atoms with E-state index in [1.807, 2.05) is 36.7 Å². The Morgan fingerprint density at radius 1 is 1.23 bits per heavy atom. The third-order valence-corrected chi connectivity index (χ3v) is 4.67. The molecule has 134 valence electrons. The van der Waals surface area contributed by atoms with Crippen LogP contribution in [0.1, 0.15) is 37.3 Å². The van der Waals surface area contributed by atoms with Crippen LogP contribution in [0.3, 0.4) is 0 Å².